The Hall–Kier alpha value is -1.24. The van der Waals surface area contributed by atoms with Crippen LogP contribution in [-0.4, -0.2) is 40.9 Å². The summed E-state index contributed by atoms with van der Waals surface area (Å²) in [4.78, 5) is 11.4. The third-order valence-electron chi connectivity index (χ3n) is 6.52. The average molecular weight is 589 g/mol. The van der Waals surface area contributed by atoms with Gasteiger partial charge in [-0.25, -0.2) is 0 Å². The number of hydrogen-bond donors (Lipinski definition) is 2. The second kappa shape index (κ2) is 16.6. The van der Waals surface area contributed by atoms with Crippen molar-refractivity contribution in [3.05, 3.63) is 84.8 Å². The number of rotatable bonds is 13. The van der Waals surface area contributed by atoms with E-state index in [-0.39, 0.29) is 62.5 Å². The van der Waals surface area contributed by atoms with E-state index in [9.17, 15) is 15.0 Å². The van der Waals surface area contributed by atoms with Gasteiger partial charge in [-0.2, -0.15) is 0 Å². The zero-order valence-corrected chi connectivity index (χ0v) is 24.3. The molecule has 0 spiro atoms. The van der Waals surface area contributed by atoms with E-state index in [0.29, 0.717) is 31.6 Å². The van der Waals surface area contributed by atoms with Crippen LogP contribution in [-0.2, 0) is 48.7 Å². The normalized spacial score (nSPS) is 22.2. The molecule has 0 aromatic heterocycles. The molecule has 1 saturated carbocycles. The van der Waals surface area contributed by atoms with Crippen molar-refractivity contribution in [1.82, 2.24) is 0 Å². The Morgan fingerprint density at radius 2 is 1.92 bits per heavy atom. The maximum Gasteiger partial charge on any atom is 0.303 e. The van der Waals surface area contributed by atoms with E-state index in [1.807, 2.05) is 54.6 Å². The molecule has 2 N–H and O–H groups in total. The molecule has 2 aromatic rings. The molecular formula is C29H36ClO5Y-. The molecule has 1 fully saturated rings. The molecule has 0 bridgehead atoms. The first-order valence-electron chi connectivity index (χ1n) is 12.3. The van der Waals surface area contributed by atoms with E-state index in [0.717, 1.165) is 30.4 Å². The van der Waals surface area contributed by atoms with Gasteiger partial charge in [-0.3, -0.25) is 4.79 Å². The number of halogens is 1. The molecule has 1 unspecified atom stereocenters. The summed E-state index contributed by atoms with van der Waals surface area (Å²) in [5.41, 5.74) is 1.87. The Morgan fingerprint density at radius 1 is 1.14 bits per heavy atom. The summed E-state index contributed by atoms with van der Waals surface area (Å²) in [5.74, 6) is 0.475. The number of esters is 1. The zero-order chi connectivity index (χ0) is 25.0. The van der Waals surface area contributed by atoms with Crippen LogP contribution < -0.4 is 4.74 Å². The Morgan fingerprint density at radius 3 is 2.67 bits per heavy atom. The van der Waals surface area contributed by atoms with Crippen LogP contribution in [0.15, 0.2) is 66.7 Å². The molecular weight excluding hydrogens is 553 g/mol. The molecule has 1 aliphatic carbocycles. The average Bonchev–Trinajstić information content (AvgIpc) is 3.12. The summed E-state index contributed by atoms with van der Waals surface area (Å²) >= 11 is 6.56. The Balaban J connectivity index is 0.00000456. The van der Waals surface area contributed by atoms with Crippen molar-refractivity contribution in [1.29, 1.82) is 0 Å². The SMILES string of the molecule is [CH2-]COC(=O)CCC/C=C\C[C@@H]1[C@@H](COc2cccc(C(O)Cc3ccccc3)c2)[C@H](O)C[C@H]1Cl.[Y]. The summed E-state index contributed by atoms with van der Waals surface area (Å²) in [6.07, 6.45) is 6.72. The number of allylic oxidation sites excluding steroid dienone is 2. The Bertz CT molecular complexity index is 938. The first kappa shape index (κ1) is 31.0. The molecule has 0 heterocycles. The van der Waals surface area contributed by atoms with Gasteiger partial charge in [-0.15, -0.1) is 11.6 Å². The van der Waals surface area contributed by atoms with Crippen LogP contribution in [0.25, 0.3) is 0 Å². The number of ether oxygens (including phenoxy) is 2. The second-order valence-electron chi connectivity index (χ2n) is 9.06. The van der Waals surface area contributed by atoms with Crippen molar-refractivity contribution in [2.45, 2.75) is 56.1 Å². The van der Waals surface area contributed by atoms with E-state index < -0.39 is 12.2 Å². The van der Waals surface area contributed by atoms with Gasteiger partial charge in [0.05, 0.1) is 18.8 Å². The minimum Gasteiger partial charge on any atom is -0.499 e. The van der Waals surface area contributed by atoms with Crippen molar-refractivity contribution in [2.75, 3.05) is 13.2 Å². The summed E-state index contributed by atoms with van der Waals surface area (Å²) < 4.78 is 10.9. The molecule has 5 nitrogen and oxygen atoms in total. The van der Waals surface area contributed by atoms with Crippen molar-refractivity contribution in [2.24, 2.45) is 11.8 Å². The molecule has 193 valence electrons. The fourth-order valence-electron chi connectivity index (χ4n) is 4.57. The quantitative estimate of drug-likeness (QED) is 0.107. The number of carbonyl (C=O) groups excluding carboxylic acids is 1. The van der Waals surface area contributed by atoms with Crippen LogP contribution in [0, 0.1) is 18.8 Å². The summed E-state index contributed by atoms with van der Waals surface area (Å²) in [6.45, 7) is 4.02. The van der Waals surface area contributed by atoms with E-state index in [1.165, 1.54) is 0 Å². The van der Waals surface area contributed by atoms with Gasteiger partial charge < -0.3 is 26.6 Å². The third-order valence-corrected chi connectivity index (χ3v) is 7.02. The van der Waals surface area contributed by atoms with Crippen LogP contribution >= 0.6 is 11.6 Å². The van der Waals surface area contributed by atoms with Gasteiger partial charge in [0, 0.05) is 56.8 Å². The topological polar surface area (TPSA) is 76.0 Å². The Labute approximate surface area is 245 Å². The van der Waals surface area contributed by atoms with Gasteiger partial charge in [0.2, 0.25) is 0 Å². The predicted octanol–water partition coefficient (Wildman–Crippen LogP) is 5.44. The van der Waals surface area contributed by atoms with Crippen molar-refractivity contribution in [3.63, 3.8) is 0 Å². The van der Waals surface area contributed by atoms with Crippen molar-refractivity contribution < 1.29 is 57.2 Å². The standard InChI is InChI=1S/C29H36ClO5.Y/c1-2-34-29(33)16-9-4-3-8-15-24-25(28(32)19-26(24)30)20-35-23-14-10-13-22(18-23)27(31)17-21-11-6-5-7-12-21;/h3,5-8,10-14,18,24-28,31-32H,1-2,4,9,15-17,19-20H2;/q-1;/b8-3-;/t24-,25-,26-,27?,28-;/m1./s1. The molecule has 0 aliphatic heterocycles. The molecule has 7 heteroatoms. The first-order valence-corrected chi connectivity index (χ1v) is 12.8. The van der Waals surface area contributed by atoms with Gasteiger partial charge >= 0.3 is 5.97 Å². The molecule has 1 radical (unpaired) electrons. The summed E-state index contributed by atoms with van der Waals surface area (Å²) in [5, 5.41) is 21.1. The zero-order valence-electron chi connectivity index (χ0n) is 20.7. The number of alkyl halides is 1. The molecule has 36 heavy (non-hydrogen) atoms. The molecule has 5 atom stereocenters. The minimum absolute atomic E-state index is 0. The largest absolute Gasteiger partial charge is 0.499 e. The van der Waals surface area contributed by atoms with Gasteiger partial charge in [0.15, 0.2) is 0 Å². The van der Waals surface area contributed by atoms with Crippen LogP contribution in [0.5, 0.6) is 5.75 Å². The number of hydrogen-bond acceptors (Lipinski definition) is 5. The fourth-order valence-corrected chi connectivity index (χ4v) is 5.04. The van der Waals surface area contributed by atoms with Gasteiger partial charge in [-0.05, 0) is 61.5 Å². The third kappa shape index (κ3) is 9.91. The van der Waals surface area contributed by atoms with Crippen LogP contribution in [0.4, 0.5) is 0 Å². The molecule has 2 aromatic carbocycles. The van der Waals surface area contributed by atoms with Crippen LogP contribution in [0.3, 0.4) is 0 Å². The van der Waals surface area contributed by atoms with Gasteiger partial charge in [0.1, 0.15) is 5.75 Å². The Kier molecular flexibility index (Phi) is 14.3. The van der Waals surface area contributed by atoms with Gasteiger partial charge in [0.25, 0.3) is 0 Å². The van der Waals surface area contributed by atoms with Crippen LogP contribution in [0.2, 0.25) is 0 Å². The first-order chi connectivity index (χ1) is 17.0. The maximum atomic E-state index is 11.4. The summed E-state index contributed by atoms with van der Waals surface area (Å²) in [6, 6.07) is 17.4. The van der Waals surface area contributed by atoms with Crippen molar-refractivity contribution >= 4 is 17.6 Å². The number of unbranched alkanes of at least 4 members (excludes halogenated alkanes) is 1. The fraction of sp³-hybridized carbons (Fsp3) is 0.448. The number of carbonyl (C=O) groups is 1. The van der Waals surface area contributed by atoms with Crippen molar-refractivity contribution in [3.8, 4) is 5.75 Å². The number of benzene rings is 2. The number of aliphatic hydroxyl groups is 2. The molecule has 0 amide bonds. The van der Waals surface area contributed by atoms with E-state index in [2.05, 4.69) is 19.1 Å². The summed E-state index contributed by atoms with van der Waals surface area (Å²) in [7, 11) is 0. The molecule has 3 rings (SSSR count). The van der Waals surface area contributed by atoms with E-state index >= 15 is 0 Å². The number of aliphatic hydroxyl groups excluding tert-OH is 2. The minimum atomic E-state index is -0.622. The van der Waals surface area contributed by atoms with E-state index in [4.69, 9.17) is 21.1 Å². The maximum absolute atomic E-state index is 11.4. The van der Waals surface area contributed by atoms with Gasteiger partial charge in [-0.1, -0.05) is 54.6 Å². The monoisotopic (exact) mass is 588 g/mol. The van der Waals surface area contributed by atoms with E-state index in [1.54, 1.807) is 0 Å². The molecule has 1 aliphatic rings. The second-order valence-corrected chi connectivity index (χ2v) is 9.62. The smallest absolute Gasteiger partial charge is 0.303 e. The predicted molar refractivity (Wildman–Crippen MR) is 138 cm³/mol. The van der Waals surface area contributed by atoms with Crippen LogP contribution in [0.1, 0.15) is 49.3 Å². The molecule has 0 saturated heterocycles.